The molecular formula is C38H48F3N7O4. The van der Waals surface area contributed by atoms with E-state index in [0.717, 1.165) is 31.8 Å². The largest absolute Gasteiger partial charge is 0.494 e. The quantitative estimate of drug-likeness (QED) is 0.159. The van der Waals surface area contributed by atoms with Crippen LogP contribution >= 0.6 is 0 Å². The lowest BCUT2D eigenvalue weighted by Gasteiger charge is -2.49. The molecule has 3 aliphatic rings. The fourth-order valence-corrected chi connectivity index (χ4v) is 8.49. The summed E-state index contributed by atoms with van der Waals surface area (Å²) in [5.41, 5.74) is 0.294. The van der Waals surface area contributed by atoms with E-state index in [1.807, 2.05) is 0 Å². The van der Waals surface area contributed by atoms with Gasteiger partial charge in [-0.1, -0.05) is 25.0 Å². The topological polar surface area (TPSA) is 130 Å². The molecule has 1 saturated heterocycles. The number of nitrogens with zero attached hydrogens (tertiary/aromatic N) is 3. The third-order valence-electron chi connectivity index (χ3n) is 10.7. The lowest BCUT2D eigenvalue weighted by Crippen LogP contribution is -2.51. The summed E-state index contributed by atoms with van der Waals surface area (Å²) in [7, 11) is 2.95. The normalized spacial score (nSPS) is 23.1. The molecule has 1 aromatic heterocycles. The fraction of sp³-hybridized carbons (Fsp3) is 0.526. The maximum atomic E-state index is 14.1. The van der Waals surface area contributed by atoms with Crippen LogP contribution in [0.2, 0.25) is 0 Å². The molecule has 4 N–H and O–H groups in total. The number of nitrogens with one attached hydrogen (secondary N) is 4. The van der Waals surface area contributed by atoms with Crippen LogP contribution in [0, 0.1) is 24.7 Å². The van der Waals surface area contributed by atoms with Crippen molar-refractivity contribution < 1.29 is 32.2 Å². The molecular weight excluding hydrogens is 675 g/mol. The van der Waals surface area contributed by atoms with Crippen LogP contribution in [0.5, 0.6) is 11.5 Å². The summed E-state index contributed by atoms with van der Waals surface area (Å²) in [6.45, 7) is 5.71. The number of benzene rings is 2. The molecule has 2 aromatic carbocycles. The standard InChI is InChI=1S/C38H48F3N7O4/c1-22-7-5-10-29(36(50)42-3)33(22)46-35-30(38(39,40)41)20-43-37(47-35)45-31-12-11-28(19-32(31)51-4)52-16-14-26-18-24-8-6-9-25(17-24)34(26)48-15-13-27(21-48)44-23(2)49/h5,7,10-12,19-20,24-27,34H,6,8-9,13-18,21H2,1-4H3,(H,42,50)(H,44,49)(H2,43,45,46,47)/t24?,25?,26?,27?,34-/m1/s1. The average molecular weight is 724 g/mol. The van der Waals surface area contributed by atoms with E-state index in [2.05, 4.69) is 36.1 Å². The van der Waals surface area contributed by atoms with E-state index in [9.17, 15) is 22.8 Å². The van der Waals surface area contributed by atoms with Crippen molar-refractivity contribution in [2.45, 2.75) is 77.1 Å². The Morgan fingerprint density at radius 1 is 1.08 bits per heavy atom. The van der Waals surface area contributed by atoms with Crippen LogP contribution in [0.3, 0.4) is 0 Å². The summed E-state index contributed by atoms with van der Waals surface area (Å²) < 4.78 is 54.1. The SMILES string of the molecule is CNC(=O)c1cccc(C)c1Nc1nc(Nc2ccc(OCCC3CC4CCCC(C4)[C@H]3N3CCC(NC(C)=O)C3)cc2OC)ncc1C(F)(F)F. The van der Waals surface area contributed by atoms with Gasteiger partial charge in [0.05, 0.1) is 30.7 Å². The molecule has 3 aromatic rings. The zero-order valence-electron chi connectivity index (χ0n) is 30.1. The molecule has 0 spiro atoms. The molecule has 5 atom stereocenters. The van der Waals surface area contributed by atoms with E-state index >= 15 is 0 Å². The van der Waals surface area contributed by atoms with Crippen molar-refractivity contribution in [1.29, 1.82) is 0 Å². The highest BCUT2D eigenvalue weighted by Crippen LogP contribution is 2.47. The van der Waals surface area contributed by atoms with Gasteiger partial charge in [0, 0.05) is 51.4 Å². The summed E-state index contributed by atoms with van der Waals surface area (Å²) in [5.74, 6) is 1.93. The number of para-hydroxylation sites is 1. The Labute approximate surface area is 302 Å². The monoisotopic (exact) mass is 723 g/mol. The Morgan fingerprint density at radius 3 is 2.65 bits per heavy atom. The van der Waals surface area contributed by atoms with E-state index in [4.69, 9.17) is 9.47 Å². The minimum atomic E-state index is -4.76. The summed E-state index contributed by atoms with van der Waals surface area (Å²) in [6, 6.07) is 10.8. The van der Waals surface area contributed by atoms with Crippen molar-refractivity contribution in [3.63, 3.8) is 0 Å². The predicted octanol–water partition coefficient (Wildman–Crippen LogP) is 6.83. The number of carbonyl (C=O) groups is 2. The minimum absolute atomic E-state index is 0.0270. The lowest BCUT2D eigenvalue weighted by atomic mass is 9.64. The van der Waals surface area contributed by atoms with Gasteiger partial charge in [0.1, 0.15) is 22.9 Å². The summed E-state index contributed by atoms with van der Waals surface area (Å²) in [6.07, 6.45) is 4.17. The number of aromatic nitrogens is 2. The van der Waals surface area contributed by atoms with Gasteiger partial charge in [-0.2, -0.15) is 18.2 Å². The highest BCUT2D eigenvalue weighted by molar-refractivity contribution is 6.00. The molecule has 6 rings (SSSR count). The summed E-state index contributed by atoms with van der Waals surface area (Å²) >= 11 is 0. The minimum Gasteiger partial charge on any atom is -0.494 e. The van der Waals surface area contributed by atoms with Crippen molar-refractivity contribution in [2.75, 3.05) is 44.5 Å². The van der Waals surface area contributed by atoms with Crippen LogP contribution < -0.4 is 30.7 Å². The first-order valence-electron chi connectivity index (χ1n) is 18.1. The second kappa shape index (κ2) is 16.0. The average Bonchev–Trinajstić information content (AvgIpc) is 3.56. The zero-order valence-corrected chi connectivity index (χ0v) is 30.1. The van der Waals surface area contributed by atoms with Gasteiger partial charge >= 0.3 is 6.18 Å². The summed E-state index contributed by atoms with van der Waals surface area (Å²) in [4.78, 5) is 35.0. The number of halogens is 3. The van der Waals surface area contributed by atoms with Gasteiger partial charge in [-0.25, -0.2) is 4.98 Å². The number of hydrogen-bond acceptors (Lipinski definition) is 9. The smallest absolute Gasteiger partial charge is 0.421 e. The van der Waals surface area contributed by atoms with Crippen LogP contribution in [0.4, 0.5) is 36.3 Å². The number of anilines is 4. The van der Waals surface area contributed by atoms with E-state index in [1.54, 1.807) is 44.2 Å². The van der Waals surface area contributed by atoms with Crippen LogP contribution in [0.25, 0.3) is 0 Å². The first-order valence-corrected chi connectivity index (χ1v) is 18.1. The highest BCUT2D eigenvalue weighted by Gasteiger charge is 2.44. The molecule has 52 heavy (non-hydrogen) atoms. The highest BCUT2D eigenvalue weighted by atomic mass is 19.4. The predicted molar refractivity (Wildman–Crippen MR) is 192 cm³/mol. The van der Waals surface area contributed by atoms with Crippen molar-refractivity contribution in [3.05, 3.63) is 59.3 Å². The van der Waals surface area contributed by atoms with E-state index in [-0.39, 0.29) is 29.1 Å². The molecule has 2 heterocycles. The third kappa shape index (κ3) is 8.54. The number of carbonyl (C=O) groups excluding carboxylic acids is 2. The number of aryl methyl sites for hydroxylation is 1. The van der Waals surface area contributed by atoms with Gasteiger partial charge in [-0.15, -0.1) is 0 Å². The van der Waals surface area contributed by atoms with E-state index < -0.39 is 23.5 Å². The van der Waals surface area contributed by atoms with Crippen LogP contribution in [0.1, 0.15) is 73.4 Å². The molecule has 4 unspecified atom stereocenters. The van der Waals surface area contributed by atoms with Crippen LogP contribution in [0.15, 0.2) is 42.6 Å². The Morgan fingerprint density at radius 2 is 1.90 bits per heavy atom. The number of amides is 2. The first-order chi connectivity index (χ1) is 24.9. The Balaban J connectivity index is 1.15. The van der Waals surface area contributed by atoms with Crippen molar-refractivity contribution in [1.82, 2.24) is 25.5 Å². The second-order valence-electron chi connectivity index (χ2n) is 14.2. The molecule has 2 saturated carbocycles. The molecule has 2 amide bonds. The number of alkyl halides is 3. The molecule has 0 radical (unpaired) electrons. The summed E-state index contributed by atoms with van der Waals surface area (Å²) in [5, 5.41) is 11.4. The Kier molecular flexibility index (Phi) is 11.4. The molecule has 11 nitrogen and oxygen atoms in total. The van der Waals surface area contributed by atoms with E-state index in [0.29, 0.717) is 53.4 Å². The number of likely N-dealkylation sites (tertiary alicyclic amines) is 1. The van der Waals surface area contributed by atoms with Gasteiger partial charge in [0.25, 0.3) is 5.91 Å². The maximum Gasteiger partial charge on any atom is 0.421 e. The van der Waals surface area contributed by atoms with Gasteiger partial charge < -0.3 is 30.7 Å². The number of fused-ring (bicyclic) bond motifs is 2. The van der Waals surface area contributed by atoms with Gasteiger partial charge in [-0.05, 0) is 80.5 Å². The van der Waals surface area contributed by atoms with Gasteiger partial charge in [0.2, 0.25) is 11.9 Å². The van der Waals surface area contributed by atoms with Crippen molar-refractivity contribution >= 4 is 35.0 Å². The Hall–Kier alpha value is -4.59. The van der Waals surface area contributed by atoms with Gasteiger partial charge in [0.15, 0.2) is 0 Å². The van der Waals surface area contributed by atoms with Crippen molar-refractivity contribution in [2.24, 2.45) is 17.8 Å². The van der Waals surface area contributed by atoms with Crippen LogP contribution in [-0.4, -0.2) is 72.6 Å². The second-order valence-corrected chi connectivity index (χ2v) is 14.2. The number of rotatable bonds is 12. The molecule has 280 valence electrons. The molecule has 3 fully saturated rings. The maximum absolute atomic E-state index is 14.1. The number of hydrogen-bond donors (Lipinski definition) is 4. The third-order valence-corrected chi connectivity index (χ3v) is 10.7. The lowest BCUT2D eigenvalue weighted by molar-refractivity contribution is -0.137. The fourth-order valence-electron chi connectivity index (χ4n) is 8.49. The number of ether oxygens (including phenoxy) is 2. The van der Waals surface area contributed by atoms with E-state index in [1.165, 1.54) is 52.3 Å². The van der Waals surface area contributed by atoms with Gasteiger partial charge in [-0.3, -0.25) is 14.5 Å². The molecule has 2 aliphatic carbocycles. The molecule has 14 heteroatoms. The first kappa shape index (κ1) is 37.2. The Bertz CT molecular complexity index is 1760. The van der Waals surface area contributed by atoms with Crippen LogP contribution in [-0.2, 0) is 11.0 Å². The molecule has 1 aliphatic heterocycles. The zero-order chi connectivity index (χ0) is 37.0. The molecule has 2 bridgehead atoms. The number of methoxy groups -OCH3 is 1. The van der Waals surface area contributed by atoms with Crippen molar-refractivity contribution in [3.8, 4) is 11.5 Å².